The Bertz CT molecular complexity index is 586. The summed E-state index contributed by atoms with van der Waals surface area (Å²) in [5.74, 6) is 0.383. The van der Waals surface area contributed by atoms with E-state index in [9.17, 15) is 9.59 Å². The van der Waals surface area contributed by atoms with E-state index >= 15 is 0 Å². The molecule has 0 spiro atoms. The van der Waals surface area contributed by atoms with Crippen LogP contribution in [-0.2, 0) is 14.3 Å². The molecule has 1 aromatic carbocycles. The monoisotopic (exact) mass is 413 g/mol. The van der Waals surface area contributed by atoms with Gasteiger partial charge in [-0.05, 0) is 62.3 Å². The second-order valence-corrected chi connectivity index (χ2v) is 8.32. The standard InChI is InChI=1S/C18H24BrNO3S/c1-12-3-6-15(7-4-12)20-17(21)10-23-18(22)11-24-16-8-5-14(19)9-13(16)2/h5,8-9,12,15H,3-4,6-7,10-11H2,1-2H3,(H,20,21). The van der Waals surface area contributed by atoms with Crippen molar-refractivity contribution < 1.29 is 14.3 Å². The van der Waals surface area contributed by atoms with Gasteiger partial charge in [0.15, 0.2) is 6.61 Å². The summed E-state index contributed by atoms with van der Waals surface area (Å²) in [6.07, 6.45) is 4.32. The maximum Gasteiger partial charge on any atom is 0.316 e. The summed E-state index contributed by atoms with van der Waals surface area (Å²) in [4.78, 5) is 24.7. The summed E-state index contributed by atoms with van der Waals surface area (Å²) < 4.78 is 6.09. The van der Waals surface area contributed by atoms with E-state index < -0.39 is 0 Å². The van der Waals surface area contributed by atoms with Crippen molar-refractivity contribution in [3.8, 4) is 0 Å². The lowest BCUT2D eigenvalue weighted by molar-refractivity contribution is -0.146. The maximum absolute atomic E-state index is 11.9. The molecule has 4 nitrogen and oxygen atoms in total. The molecule has 1 N–H and O–H groups in total. The highest BCUT2D eigenvalue weighted by Crippen LogP contribution is 2.25. The van der Waals surface area contributed by atoms with E-state index in [4.69, 9.17) is 4.74 Å². The molecule has 0 bridgehead atoms. The van der Waals surface area contributed by atoms with Crippen LogP contribution in [0.5, 0.6) is 0 Å². The van der Waals surface area contributed by atoms with Crippen LogP contribution in [-0.4, -0.2) is 30.3 Å². The molecule has 0 unspecified atom stereocenters. The van der Waals surface area contributed by atoms with Crippen LogP contribution in [0.4, 0.5) is 0 Å². The number of hydrogen-bond acceptors (Lipinski definition) is 4. The number of amides is 1. The molecule has 0 aromatic heterocycles. The Morgan fingerprint density at radius 2 is 2.00 bits per heavy atom. The molecule has 0 atom stereocenters. The molecule has 1 aliphatic rings. The van der Waals surface area contributed by atoms with Crippen molar-refractivity contribution in [1.82, 2.24) is 5.32 Å². The molecule has 0 aliphatic heterocycles. The van der Waals surface area contributed by atoms with Crippen LogP contribution in [0.3, 0.4) is 0 Å². The number of hydrogen-bond donors (Lipinski definition) is 1. The molecule has 0 radical (unpaired) electrons. The van der Waals surface area contributed by atoms with Crippen molar-refractivity contribution in [2.45, 2.75) is 50.5 Å². The van der Waals surface area contributed by atoms with E-state index in [1.807, 2.05) is 25.1 Å². The normalized spacial score (nSPS) is 20.5. The van der Waals surface area contributed by atoms with Gasteiger partial charge in [-0.2, -0.15) is 0 Å². The van der Waals surface area contributed by atoms with E-state index in [1.165, 1.54) is 11.8 Å². The van der Waals surface area contributed by atoms with Crippen LogP contribution in [0.2, 0.25) is 0 Å². The van der Waals surface area contributed by atoms with Crippen LogP contribution < -0.4 is 5.32 Å². The molecule has 24 heavy (non-hydrogen) atoms. The molecule has 1 amide bonds. The quantitative estimate of drug-likeness (QED) is 0.563. The van der Waals surface area contributed by atoms with Crippen molar-refractivity contribution in [3.05, 3.63) is 28.2 Å². The zero-order valence-corrected chi connectivity index (χ0v) is 16.5. The van der Waals surface area contributed by atoms with Crippen LogP contribution >= 0.6 is 27.7 Å². The minimum atomic E-state index is -0.366. The van der Waals surface area contributed by atoms with E-state index in [-0.39, 0.29) is 30.3 Å². The topological polar surface area (TPSA) is 55.4 Å². The van der Waals surface area contributed by atoms with E-state index in [0.717, 1.165) is 46.5 Å². The Kier molecular flexibility index (Phi) is 7.62. The predicted molar refractivity (Wildman–Crippen MR) is 100 cm³/mol. The third-order valence-electron chi connectivity index (χ3n) is 4.23. The van der Waals surface area contributed by atoms with Gasteiger partial charge in [-0.25, -0.2) is 0 Å². The summed E-state index contributed by atoms with van der Waals surface area (Å²) in [6.45, 7) is 4.05. The first kappa shape index (κ1) is 19.3. The molecule has 0 heterocycles. The number of aryl methyl sites for hydroxylation is 1. The summed E-state index contributed by atoms with van der Waals surface area (Å²) in [6, 6.07) is 6.14. The number of carbonyl (C=O) groups excluding carboxylic acids is 2. The van der Waals surface area contributed by atoms with Crippen molar-refractivity contribution in [1.29, 1.82) is 0 Å². The second kappa shape index (κ2) is 9.47. The summed E-state index contributed by atoms with van der Waals surface area (Å²) in [7, 11) is 0. The van der Waals surface area contributed by atoms with Gasteiger partial charge in [0.1, 0.15) is 0 Å². The Hall–Kier alpha value is -1.01. The van der Waals surface area contributed by atoms with Gasteiger partial charge in [0.25, 0.3) is 5.91 Å². The molecular formula is C18H24BrNO3S. The zero-order valence-electron chi connectivity index (χ0n) is 14.1. The molecule has 1 aromatic rings. The van der Waals surface area contributed by atoms with Gasteiger partial charge in [0, 0.05) is 15.4 Å². The first-order valence-corrected chi connectivity index (χ1v) is 10.1. The number of esters is 1. The van der Waals surface area contributed by atoms with Crippen molar-refractivity contribution in [2.75, 3.05) is 12.4 Å². The smallest absolute Gasteiger partial charge is 0.316 e. The summed E-state index contributed by atoms with van der Waals surface area (Å²) in [5.41, 5.74) is 1.10. The number of benzene rings is 1. The molecule has 1 fully saturated rings. The first-order chi connectivity index (χ1) is 11.4. The number of halogens is 1. The SMILES string of the molecule is Cc1cc(Br)ccc1SCC(=O)OCC(=O)NC1CCC(C)CC1. The Morgan fingerprint density at radius 1 is 1.29 bits per heavy atom. The largest absolute Gasteiger partial charge is 0.455 e. The summed E-state index contributed by atoms with van der Waals surface area (Å²) in [5, 5.41) is 2.96. The second-order valence-electron chi connectivity index (χ2n) is 6.38. The van der Waals surface area contributed by atoms with Gasteiger partial charge in [-0.3, -0.25) is 9.59 Å². The summed E-state index contributed by atoms with van der Waals surface area (Å²) >= 11 is 4.84. The minimum Gasteiger partial charge on any atom is -0.455 e. The average Bonchev–Trinajstić information content (AvgIpc) is 2.54. The lowest BCUT2D eigenvalue weighted by Gasteiger charge is -2.26. The number of carbonyl (C=O) groups is 2. The molecule has 2 rings (SSSR count). The van der Waals surface area contributed by atoms with E-state index in [2.05, 4.69) is 28.2 Å². The Morgan fingerprint density at radius 3 is 2.67 bits per heavy atom. The van der Waals surface area contributed by atoms with E-state index in [1.54, 1.807) is 0 Å². The first-order valence-electron chi connectivity index (χ1n) is 8.28. The molecular weight excluding hydrogens is 390 g/mol. The molecule has 6 heteroatoms. The van der Waals surface area contributed by atoms with Crippen LogP contribution in [0.1, 0.15) is 38.2 Å². The minimum absolute atomic E-state index is 0.190. The fourth-order valence-electron chi connectivity index (χ4n) is 2.77. The lowest BCUT2D eigenvalue weighted by Crippen LogP contribution is -2.39. The molecule has 1 aliphatic carbocycles. The predicted octanol–water partition coefficient (Wildman–Crippen LogP) is 4.09. The number of rotatable bonds is 6. The Balaban J connectivity index is 1.66. The number of thioether (sulfide) groups is 1. The third-order valence-corrected chi connectivity index (χ3v) is 5.87. The van der Waals surface area contributed by atoms with Gasteiger partial charge >= 0.3 is 5.97 Å². The van der Waals surface area contributed by atoms with Crippen molar-refractivity contribution in [2.24, 2.45) is 5.92 Å². The van der Waals surface area contributed by atoms with Crippen LogP contribution in [0.15, 0.2) is 27.6 Å². The van der Waals surface area contributed by atoms with Crippen molar-refractivity contribution >= 4 is 39.6 Å². The van der Waals surface area contributed by atoms with Crippen LogP contribution in [0.25, 0.3) is 0 Å². The number of nitrogens with one attached hydrogen (secondary N) is 1. The third kappa shape index (κ3) is 6.48. The Labute approximate surface area is 156 Å². The van der Waals surface area contributed by atoms with Gasteiger partial charge in [0.05, 0.1) is 5.75 Å². The van der Waals surface area contributed by atoms with Gasteiger partial charge < -0.3 is 10.1 Å². The van der Waals surface area contributed by atoms with Gasteiger partial charge in [-0.1, -0.05) is 22.9 Å². The highest BCUT2D eigenvalue weighted by atomic mass is 79.9. The van der Waals surface area contributed by atoms with Crippen LogP contribution in [0, 0.1) is 12.8 Å². The fraction of sp³-hybridized carbons (Fsp3) is 0.556. The highest BCUT2D eigenvalue weighted by molar-refractivity contribution is 9.10. The molecule has 132 valence electrons. The average molecular weight is 414 g/mol. The van der Waals surface area contributed by atoms with Gasteiger partial charge in [-0.15, -0.1) is 11.8 Å². The maximum atomic E-state index is 11.9. The fourth-order valence-corrected chi connectivity index (χ4v) is 4.06. The number of ether oxygens (including phenoxy) is 1. The highest BCUT2D eigenvalue weighted by Gasteiger charge is 2.20. The van der Waals surface area contributed by atoms with Crippen molar-refractivity contribution in [3.63, 3.8) is 0 Å². The van der Waals surface area contributed by atoms with E-state index in [0.29, 0.717) is 0 Å². The molecule has 0 saturated heterocycles. The zero-order chi connectivity index (χ0) is 17.5. The van der Waals surface area contributed by atoms with Gasteiger partial charge in [0.2, 0.25) is 0 Å². The lowest BCUT2D eigenvalue weighted by atomic mass is 9.87. The molecule has 1 saturated carbocycles.